The first kappa shape index (κ1) is 24.9. The zero-order valence-corrected chi connectivity index (χ0v) is 20.1. The van der Waals surface area contributed by atoms with Crippen LogP contribution >= 0.6 is 0 Å². The summed E-state index contributed by atoms with van der Waals surface area (Å²) in [6.45, 7) is 5.96. The number of piperidine rings is 1. The van der Waals surface area contributed by atoms with Crippen molar-refractivity contribution in [1.82, 2.24) is 14.8 Å². The first-order valence-electron chi connectivity index (χ1n) is 11.1. The van der Waals surface area contributed by atoms with Crippen molar-refractivity contribution in [2.24, 2.45) is 5.92 Å². The average Bonchev–Trinajstić information content (AvgIpc) is 3.15. The van der Waals surface area contributed by atoms with Crippen LogP contribution < -0.4 is 5.32 Å². The summed E-state index contributed by atoms with van der Waals surface area (Å²) in [5.41, 5.74) is 2.61. The Bertz CT molecular complexity index is 1050. The smallest absolute Gasteiger partial charge is 0.309 e. The minimum Gasteiger partial charge on any atom is -0.464 e. The number of amides is 1. The molecule has 0 aliphatic carbocycles. The van der Waals surface area contributed by atoms with Crippen LogP contribution in [0.25, 0.3) is 0 Å². The van der Waals surface area contributed by atoms with E-state index in [1.807, 2.05) is 31.2 Å². The van der Waals surface area contributed by atoms with Crippen molar-refractivity contribution < 1.29 is 27.3 Å². The Kier molecular flexibility index (Phi) is 8.25. The Balaban J connectivity index is 1.35. The maximum absolute atomic E-state index is 12.9. The number of carbonyl (C=O) groups is 2. The molecule has 1 aromatic carbocycles. The van der Waals surface area contributed by atoms with Crippen molar-refractivity contribution in [3.05, 3.63) is 46.8 Å². The van der Waals surface area contributed by atoms with Gasteiger partial charge in [0.05, 0.1) is 12.5 Å². The van der Waals surface area contributed by atoms with Gasteiger partial charge in [0.1, 0.15) is 17.2 Å². The number of nitrogens with one attached hydrogen (secondary N) is 1. The van der Waals surface area contributed by atoms with Crippen molar-refractivity contribution in [2.45, 2.75) is 51.3 Å². The van der Waals surface area contributed by atoms with Gasteiger partial charge in [-0.1, -0.05) is 35.0 Å². The number of nitrogens with zero attached hydrogens (tertiary/aromatic N) is 2. The molecular formula is C23H31N3O6S. The molecule has 1 N–H and O–H groups in total. The predicted molar refractivity (Wildman–Crippen MR) is 121 cm³/mol. The number of ether oxygens (including phenoxy) is 1. The number of sulfonamides is 1. The second-order valence-electron chi connectivity index (χ2n) is 8.33. The molecule has 9 nitrogen and oxygen atoms in total. The highest BCUT2D eigenvalue weighted by Gasteiger charge is 2.35. The third-order valence-corrected chi connectivity index (χ3v) is 7.93. The van der Waals surface area contributed by atoms with Gasteiger partial charge in [-0.3, -0.25) is 9.59 Å². The molecule has 0 saturated carbocycles. The second-order valence-corrected chi connectivity index (χ2v) is 10.2. The molecule has 3 rings (SSSR count). The number of carbonyl (C=O) groups excluding carboxylic acids is 2. The molecule has 1 aliphatic heterocycles. The van der Waals surface area contributed by atoms with Crippen LogP contribution in [0.15, 0.2) is 33.7 Å². The van der Waals surface area contributed by atoms with Crippen molar-refractivity contribution >= 4 is 21.9 Å². The molecule has 0 unspecified atom stereocenters. The highest BCUT2D eigenvalue weighted by atomic mass is 32.2. The summed E-state index contributed by atoms with van der Waals surface area (Å²) in [6, 6.07) is 8.05. The number of aryl methyl sites for hydroxylation is 4. The van der Waals surface area contributed by atoms with Crippen molar-refractivity contribution in [2.75, 3.05) is 26.2 Å². The summed E-state index contributed by atoms with van der Waals surface area (Å²) in [7, 11) is -3.71. The highest BCUT2D eigenvalue weighted by Crippen LogP contribution is 2.28. The van der Waals surface area contributed by atoms with Crippen LogP contribution in [0.4, 0.5) is 0 Å². The third-order valence-electron chi connectivity index (χ3n) is 5.78. The number of esters is 1. The van der Waals surface area contributed by atoms with Gasteiger partial charge in [-0.05, 0) is 45.6 Å². The van der Waals surface area contributed by atoms with E-state index in [4.69, 9.17) is 9.26 Å². The van der Waals surface area contributed by atoms with Gasteiger partial charge < -0.3 is 14.6 Å². The molecule has 0 atom stereocenters. The molecule has 1 fully saturated rings. The number of hydrogen-bond acceptors (Lipinski definition) is 7. The SMILES string of the molecule is Cc1ccc(CCC(=O)NCCOC(=O)C2CCN(S(=O)(=O)c3c(C)noc3C)CC2)cc1. The van der Waals surface area contributed by atoms with Crippen LogP contribution in [0.1, 0.15) is 41.8 Å². The summed E-state index contributed by atoms with van der Waals surface area (Å²) in [4.78, 5) is 24.4. The lowest BCUT2D eigenvalue weighted by molar-refractivity contribution is -0.150. The van der Waals surface area contributed by atoms with Crippen molar-refractivity contribution in [3.63, 3.8) is 0 Å². The first-order valence-corrected chi connectivity index (χ1v) is 12.5. The lowest BCUT2D eigenvalue weighted by atomic mass is 9.98. The van der Waals surface area contributed by atoms with Crippen LogP contribution in [0.5, 0.6) is 0 Å². The van der Waals surface area contributed by atoms with E-state index in [2.05, 4.69) is 10.5 Å². The van der Waals surface area contributed by atoms with Crippen LogP contribution in [0.2, 0.25) is 0 Å². The van der Waals surface area contributed by atoms with E-state index in [1.165, 1.54) is 9.87 Å². The minimum absolute atomic E-state index is 0.0900. The Morgan fingerprint density at radius 1 is 1.15 bits per heavy atom. The highest BCUT2D eigenvalue weighted by molar-refractivity contribution is 7.89. The summed E-state index contributed by atoms with van der Waals surface area (Å²) >= 11 is 0. The maximum atomic E-state index is 12.9. The lowest BCUT2D eigenvalue weighted by Gasteiger charge is -2.30. The second kappa shape index (κ2) is 10.9. The maximum Gasteiger partial charge on any atom is 0.309 e. The van der Waals surface area contributed by atoms with Gasteiger partial charge in [0.25, 0.3) is 0 Å². The Hall–Kier alpha value is -2.72. The van der Waals surface area contributed by atoms with Gasteiger partial charge in [0.2, 0.25) is 15.9 Å². The Morgan fingerprint density at radius 3 is 2.42 bits per heavy atom. The largest absolute Gasteiger partial charge is 0.464 e. The molecule has 1 saturated heterocycles. The topological polar surface area (TPSA) is 119 Å². The van der Waals surface area contributed by atoms with E-state index in [-0.39, 0.29) is 54.7 Å². The van der Waals surface area contributed by atoms with Crippen LogP contribution in [-0.2, 0) is 30.8 Å². The molecule has 180 valence electrons. The summed E-state index contributed by atoms with van der Waals surface area (Å²) in [5.74, 6) is -0.559. The summed E-state index contributed by atoms with van der Waals surface area (Å²) < 4.78 is 37.4. The van der Waals surface area contributed by atoms with Gasteiger partial charge in [-0.25, -0.2) is 8.42 Å². The molecule has 0 bridgehead atoms. The molecule has 2 aromatic rings. The number of hydrogen-bond donors (Lipinski definition) is 1. The quantitative estimate of drug-likeness (QED) is 0.435. The zero-order valence-electron chi connectivity index (χ0n) is 19.3. The molecule has 2 heterocycles. The van der Waals surface area contributed by atoms with Gasteiger partial charge in [-0.15, -0.1) is 0 Å². The van der Waals surface area contributed by atoms with E-state index in [9.17, 15) is 18.0 Å². The molecule has 1 aromatic heterocycles. The number of rotatable bonds is 9. The fourth-order valence-corrected chi connectivity index (χ4v) is 5.63. The third kappa shape index (κ3) is 6.42. The molecule has 1 aliphatic rings. The summed E-state index contributed by atoms with van der Waals surface area (Å²) in [5, 5.41) is 6.48. The molecule has 0 radical (unpaired) electrons. The fourth-order valence-electron chi connectivity index (χ4n) is 3.86. The predicted octanol–water partition coefficient (Wildman–Crippen LogP) is 2.29. The fraction of sp³-hybridized carbons (Fsp3) is 0.522. The standard InChI is InChI=1S/C23H31N3O6S/c1-16-4-6-19(7-5-16)8-9-21(27)24-12-15-31-23(28)20-10-13-26(14-11-20)33(29,30)22-17(2)25-32-18(22)3/h4-7,20H,8-15H2,1-3H3,(H,24,27). The van der Waals surface area contributed by atoms with Gasteiger partial charge in [0, 0.05) is 19.5 Å². The number of aromatic nitrogens is 1. The van der Waals surface area contributed by atoms with E-state index in [0.717, 1.165) is 5.56 Å². The molecule has 0 spiro atoms. The average molecular weight is 478 g/mol. The lowest BCUT2D eigenvalue weighted by Crippen LogP contribution is -2.41. The normalized spacial score (nSPS) is 15.4. The zero-order chi connectivity index (χ0) is 24.0. The Labute approximate surface area is 194 Å². The van der Waals surface area contributed by atoms with E-state index in [0.29, 0.717) is 31.4 Å². The van der Waals surface area contributed by atoms with Crippen molar-refractivity contribution in [1.29, 1.82) is 0 Å². The van der Waals surface area contributed by atoms with Crippen molar-refractivity contribution in [3.8, 4) is 0 Å². The molecule has 1 amide bonds. The molecular weight excluding hydrogens is 446 g/mol. The van der Waals surface area contributed by atoms with Crippen LogP contribution in [-0.4, -0.2) is 56.0 Å². The first-order chi connectivity index (χ1) is 15.7. The Morgan fingerprint density at radius 2 is 1.82 bits per heavy atom. The van der Waals surface area contributed by atoms with E-state index < -0.39 is 10.0 Å². The minimum atomic E-state index is -3.71. The van der Waals surface area contributed by atoms with Crippen LogP contribution in [0, 0.1) is 26.7 Å². The number of benzene rings is 1. The summed E-state index contributed by atoms with van der Waals surface area (Å²) in [6.07, 6.45) is 1.78. The van der Waals surface area contributed by atoms with E-state index >= 15 is 0 Å². The molecule has 10 heteroatoms. The molecule has 33 heavy (non-hydrogen) atoms. The monoisotopic (exact) mass is 477 g/mol. The van der Waals surface area contributed by atoms with Crippen LogP contribution in [0.3, 0.4) is 0 Å². The van der Waals surface area contributed by atoms with E-state index in [1.54, 1.807) is 13.8 Å². The van der Waals surface area contributed by atoms with Gasteiger partial charge in [0.15, 0.2) is 5.76 Å². The van der Waals surface area contributed by atoms with Gasteiger partial charge in [-0.2, -0.15) is 4.31 Å². The van der Waals surface area contributed by atoms with Gasteiger partial charge >= 0.3 is 5.97 Å².